The van der Waals surface area contributed by atoms with E-state index in [0.717, 1.165) is 6.54 Å². The maximum absolute atomic E-state index is 11.6. The fourth-order valence-electron chi connectivity index (χ4n) is 2.57. The summed E-state index contributed by atoms with van der Waals surface area (Å²) >= 11 is 5.57. The Bertz CT molecular complexity index is 794. The van der Waals surface area contributed by atoms with Gasteiger partial charge in [-0.3, -0.25) is 4.79 Å². The van der Waals surface area contributed by atoms with Crippen LogP contribution < -0.4 is 0 Å². The van der Waals surface area contributed by atoms with Gasteiger partial charge in [0.25, 0.3) is 0 Å². The van der Waals surface area contributed by atoms with Gasteiger partial charge in [0.15, 0.2) is 0 Å². The fourth-order valence-corrected chi connectivity index (χ4v) is 3.34. The predicted molar refractivity (Wildman–Crippen MR) is 95.6 cm³/mol. The van der Waals surface area contributed by atoms with E-state index in [9.17, 15) is 4.79 Å². The van der Waals surface area contributed by atoms with Crippen LogP contribution in [-0.2, 0) is 11.3 Å². The van der Waals surface area contributed by atoms with Crippen LogP contribution in [0.2, 0.25) is 0 Å². The number of aromatic nitrogens is 1. The van der Waals surface area contributed by atoms with E-state index >= 15 is 0 Å². The molecule has 1 heterocycles. The highest BCUT2D eigenvalue weighted by atomic mass is 127. The molecule has 0 atom stereocenters. The molecule has 0 aliphatic carbocycles. The number of halogens is 2. The number of Topliss-reactive ketones (excluding diaryl/α,β-unsaturated/α-hetero) is 1. The number of carbonyl (C=O) groups excluding carboxylic acids is 1. The number of carbonyl (C=O) groups is 1. The Morgan fingerprint density at radius 3 is 2.65 bits per heavy atom. The van der Waals surface area contributed by atoms with Gasteiger partial charge in [0, 0.05) is 38.3 Å². The van der Waals surface area contributed by atoms with E-state index in [0.29, 0.717) is 11.8 Å². The SMILES string of the molecule is O=C(CBr)CCn1c2ccccc2c2cc(I)ccc21. The minimum Gasteiger partial charge on any atom is -0.340 e. The predicted octanol–water partition coefficient (Wildman–Crippen LogP) is 4.75. The lowest BCUT2D eigenvalue weighted by molar-refractivity contribution is -0.116. The summed E-state index contributed by atoms with van der Waals surface area (Å²) in [6, 6.07) is 14.9. The molecule has 0 spiro atoms. The summed E-state index contributed by atoms with van der Waals surface area (Å²) < 4.78 is 3.48. The smallest absolute Gasteiger partial charge is 0.145 e. The first-order valence-electron chi connectivity index (χ1n) is 6.45. The van der Waals surface area contributed by atoms with Gasteiger partial charge in [-0.1, -0.05) is 34.1 Å². The minimum absolute atomic E-state index is 0.237. The molecule has 2 nitrogen and oxygen atoms in total. The summed E-state index contributed by atoms with van der Waals surface area (Å²) in [5, 5.41) is 2.95. The van der Waals surface area contributed by atoms with Gasteiger partial charge in [-0.2, -0.15) is 0 Å². The molecule has 0 saturated heterocycles. The first-order valence-corrected chi connectivity index (χ1v) is 8.65. The Hall–Kier alpha value is -0.880. The van der Waals surface area contributed by atoms with Crippen LogP contribution in [0.4, 0.5) is 0 Å². The van der Waals surface area contributed by atoms with Crippen LogP contribution >= 0.6 is 38.5 Å². The van der Waals surface area contributed by atoms with Gasteiger partial charge in [0.05, 0.1) is 5.33 Å². The number of fused-ring (bicyclic) bond motifs is 3. The second-order valence-electron chi connectivity index (χ2n) is 4.75. The van der Waals surface area contributed by atoms with E-state index in [1.54, 1.807) is 0 Å². The number of aryl methyl sites for hydroxylation is 1. The van der Waals surface area contributed by atoms with Gasteiger partial charge in [-0.15, -0.1) is 0 Å². The largest absolute Gasteiger partial charge is 0.340 e. The third-order valence-corrected chi connectivity index (χ3v) is 4.79. The molecule has 2 aromatic carbocycles. The molecule has 20 heavy (non-hydrogen) atoms. The summed E-state index contributed by atoms with van der Waals surface area (Å²) in [6.07, 6.45) is 0.561. The number of hydrogen-bond donors (Lipinski definition) is 0. The van der Waals surface area contributed by atoms with Crippen LogP contribution in [0.5, 0.6) is 0 Å². The summed E-state index contributed by atoms with van der Waals surface area (Å²) in [4.78, 5) is 11.6. The molecule has 0 unspecified atom stereocenters. The normalized spacial score (nSPS) is 11.3. The van der Waals surface area contributed by atoms with Gasteiger partial charge in [0.2, 0.25) is 0 Å². The minimum atomic E-state index is 0.237. The van der Waals surface area contributed by atoms with Crippen molar-refractivity contribution in [2.45, 2.75) is 13.0 Å². The van der Waals surface area contributed by atoms with Crippen LogP contribution in [0.1, 0.15) is 6.42 Å². The highest BCUT2D eigenvalue weighted by molar-refractivity contribution is 14.1. The van der Waals surface area contributed by atoms with Crippen LogP contribution in [0.15, 0.2) is 42.5 Å². The highest BCUT2D eigenvalue weighted by Gasteiger charge is 2.11. The van der Waals surface area contributed by atoms with Gasteiger partial charge >= 0.3 is 0 Å². The van der Waals surface area contributed by atoms with E-state index in [-0.39, 0.29) is 5.78 Å². The molecule has 102 valence electrons. The highest BCUT2D eigenvalue weighted by Crippen LogP contribution is 2.30. The standard InChI is InChI=1S/C16H13BrINO/c17-10-12(20)7-8-19-15-4-2-1-3-13(15)14-9-11(18)5-6-16(14)19/h1-6,9H,7-8,10H2. The van der Waals surface area contributed by atoms with Crippen LogP contribution in [0.25, 0.3) is 21.8 Å². The van der Waals surface area contributed by atoms with Crippen molar-refractivity contribution in [3.8, 4) is 0 Å². The van der Waals surface area contributed by atoms with Crippen molar-refractivity contribution in [1.29, 1.82) is 0 Å². The second-order valence-corrected chi connectivity index (χ2v) is 6.56. The monoisotopic (exact) mass is 441 g/mol. The third-order valence-electron chi connectivity index (χ3n) is 3.50. The lowest BCUT2D eigenvalue weighted by Gasteiger charge is -2.06. The molecule has 0 fully saturated rings. The van der Waals surface area contributed by atoms with E-state index in [2.05, 4.69) is 85.6 Å². The quantitative estimate of drug-likeness (QED) is 0.423. The van der Waals surface area contributed by atoms with Crippen LogP contribution in [0, 0.1) is 3.57 Å². The van der Waals surface area contributed by atoms with E-state index in [1.165, 1.54) is 25.4 Å². The molecule has 1 aromatic heterocycles. The zero-order chi connectivity index (χ0) is 14.1. The lowest BCUT2D eigenvalue weighted by Crippen LogP contribution is -2.06. The third kappa shape index (κ3) is 2.51. The molecule has 3 aromatic rings. The zero-order valence-corrected chi connectivity index (χ0v) is 14.5. The molecule has 3 rings (SSSR count). The van der Waals surface area contributed by atoms with Crippen molar-refractivity contribution in [1.82, 2.24) is 4.57 Å². The number of benzene rings is 2. The number of hydrogen-bond acceptors (Lipinski definition) is 1. The molecule has 0 bridgehead atoms. The van der Waals surface area contributed by atoms with E-state index < -0.39 is 0 Å². The Morgan fingerprint density at radius 1 is 1.10 bits per heavy atom. The molecule has 0 N–H and O–H groups in total. The lowest BCUT2D eigenvalue weighted by atomic mass is 10.2. The first-order chi connectivity index (χ1) is 9.70. The van der Waals surface area contributed by atoms with E-state index in [4.69, 9.17) is 0 Å². The Morgan fingerprint density at radius 2 is 1.85 bits per heavy atom. The fraction of sp³-hybridized carbons (Fsp3) is 0.188. The molecular weight excluding hydrogens is 429 g/mol. The maximum Gasteiger partial charge on any atom is 0.145 e. The maximum atomic E-state index is 11.6. The number of para-hydroxylation sites is 1. The van der Waals surface area contributed by atoms with Crippen LogP contribution in [-0.4, -0.2) is 15.7 Å². The molecule has 0 aliphatic heterocycles. The van der Waals surface area contributed by atoms with Crippen molar-refractivity contribution in [2.75, 3.05) is 5.33 Å². The van der Waals surface area contributed by atoms with Crippen molar-refractivity contribution in [3.05, 3.63) is 46.0 Å². The summed E-state index contributed by atoms with van der Waals surface area (Å²) in [7, 11) is 0. The summed E-state index contributed by atoms with van der Waals surface area (Å²) in [5.41, 5.74) is 2.40. The molecular formula is C16H13BrINO. The number of alkyl halides is 1. The average molecular weight is 442 g/mol. The number of rotatable bonds is 4. The molecule has 4 heteroatoms. The van der Waals surface area contributed by atoms with Crippen molar-refractivity contribution < 1.29 is 4.79 Å². The van der Waals surface area contributed by atoms with Gasteiger partial charge in [0.1, 0.15) is 5.78 Å². The Kier molecular flexibility index (Phi) is 4.12. The molecule has 0 amide bonds. The zero-order valence-electron chi connectivity index (χ0n) is 10.8. The Labute approximate surface area is 139 Å². The van der Waals surface area contributed by atoms with Gasteiger partial charge in [-0.25, -0.2) is 0 Å². The average Bonchev–Trinajstić information content (AvgIpc) is 2.78. The molecule has 0 saturated carbocycles. The molecule has 0 aliphatic rings. The van der Waals surface area contributed by atoms with Gasteiger partial charge < -0.3 is 4.57 Å². The Balaban J connectivity index is 2.19. The van der Waals surface area contributed by atoms with E-state index in [1.807, 2.05) is 0 Å². The van der Waals surface area contributed by atoms with Crippen molar-refractivity contribution >= 4 is 66.1 Å². The van der Waals surface area contributed by atoms with Crippen molar-refractivity contribution in [3.63, 3.8) is 0 Å². The summed E-state index contributed by atoms with van der Waals surface area (Å²) in [6.45, 7) is 0.731. The first kappa shape index (κ1) is 14.1. The van der Waals surface area contributed by atoms with Crippen molar-refractivity contribution in [2.24, 2.45) is 0 Å². The topological polar surface area (TPSA) is 22.0 Å². The van der Waals surface area contributed by atoms with Crippen LogP contribution in [0.3, 0.4) is 0 Å². The number of ketones is 1. The van der Waals surface area contributed by atoms with Gasteiger partial charge in [-0.05, 0) is 46.9 Å². The second kappa shape index (κ2) is 5.85. The summed E-state index contributed by atoms with van der Waals surface area (Å²) in [5.74, 6) is 0.237. The number of nitrogens with zero attached hydrogens (tertiary/aromatic N) is 1. The molecule has 0 radical (unpaired) electrons.